The van der Waals surface area contributed by atoms with Crippen molar-refractivity contribution in [3.8, 4) is 5.75 Å². The number of ketones is 1. The molecule has 1 N–H and O–H groups in total. The van der Waals surface area contributed by atoms with Crippen LogP contribution in [0.3, 0.4) is 0 Å². The van der Waals surface area contributed by atoms with Crippen molar-refractivity contribution in [2.45, 2.75) is 19.5 Å². The molecule has 0 saturated carbocycles. The average Bonchev–Trinajstić information content (AvgIpc) is 3.05. The highest BCUT2D eigenvalue weighted by molar-refractivity contribution is 6.46. The van der Waals surface area contributed by atoms with Crippen LogP contribution < -0.4 is 4.74 Å². The van der Waals surface area contributed by atoms with Gasteiger partial charge in [0.2, 0.25) is 0 Å². The fourth-order valence-electron chi connectivity index (χ4n) is 3.81. The predicted molar refractivity (Wildman–Crippen MR) is 116 cm³/mol. The predicted octanol–water partition coefficient (Wildman–Crippen LogP) is 4.24. The molecule has 1 aliphatic heterocycles. The number of rotatable bonds is 6. The van der Waals surface area contributed by atoms with Gasteiger partial charge in [-0.05, 0) is 36.8 Å². The maximum absolute atomic E-state index is 14.8. The summed E-state index contributed by atoms with van der Waals surface area (Å²) in [6, 6.07) is 14.9. The van der Waals surface area contributed by atoms with E-state index in [-0.39, 0.29) is 23.4 Å². The van der Waals surface area contributed by atoms with Crippen molar-refractivity contribution in [2.75, 3.05) is 6.61 Å². The van der Waals surface area contributed by atoms with E-state index in [0.717, 1.165) is 0 Å². The Labute approximate surface area is 184 Å². The number of aliphatic hydroxyl groups excluding tert-OH is 1. The van der Waals surface area contributed by atoms with E-state index < -0.39 is 23.5 Å². The fourth-order valence-corrected chi connectivity index (χ4v) is 3.81. The van der Waals surface area contributed by atoms with Gasteiger partial charge in [-0.2, -0.15) is 0 Å². The zero-order valence-corrected chi connectivity index (χ0v) is 17.4. The number of hydrogen-bond acceptors (Lipinski definition) is 5. The number of halogens is 1. The summed E-state index contributed by atoms with van der Waals surface area (Å²) < 4.78 is 20.3. The van der Waals surface area contributed by atoms with E-state index in [9.17, 15) is 19.1 Å². The van der Waals surface area contributed by atoms with Crippen molar-refractivity contribution in [3.63, 3.8) is 0 Å². The maximum atomic E-state index is 14.8. The van der Waals surface area contributed by atoms with Crippen LogP contribution in [0.2, 0.25) is 0 Å². The Hall–Kier alpha value is -4.00. The molecule has 1 amide bonds. The van der Waals surface area contributed by atoms with E-state index in [4.69, 9.17) is 4.74 Å². The fraction of sp³-hybridized carbons (Fsp3) is 0.160. The van der Waals surface area contributed by atoms with E-state index in [2.05, 4.69) is 4.98 Å². The lowest BCUT2D eigenvalue weighted by Crippen LogP contribution is -2.29. The van der Waals surface area contributed by atoms with Gasteiger partial charge in [-0.1, -0.05) is 36.4 Å². The molecule has 0 spiro atoms. The van der Waals surface area contributed by atoms with Gasteiger partial charge in [-0.3, -0.25) is 14.6 Å². The minimum Gasteiger partial charge on any atom is -0.507 e. The molecule has 2 aromatic carbocycles. The quantitative estimate of drug-likeness (QED) is 0.358. The second-order valence-electron chi connectivity index (χ2n) is 7.27. The highest BCUT2D eigenvalue weighted by Crippen LogP contribution is 2.41. The third-order valence-electron chi connectivity index (χ3n) is 5.23. The first-order valence-electron chi connectivity index (χ1n) is 10.2. The number of pyridine rings is 1. The van der Waals surface area contributed by atoms with Gasteiger partial charge in [0, 0.05) is 30.1 Å². The number of nitrogens with zero attached hydrogens (tertiary/aromatic N) is 2. The van der Waals surface area contributed by atoms with Crippen LogP contribution in [0.15, 0.2) is 78.6 Å². The molecule has 4 rings (SSSR count). The number of aliphatic hydroxyl groups is 1. The van der Waals surface area contributed by atoms with E-state index in [0.29, 0.717) is 23.5 Å². The summed E-state index contributed by atoms with van der Waals surface area (Å²) in [7, 11) is 0. The molecule has 1 atom stereocenters. The van der Waals surface area contributed by atoms with Gasteiger partial charge in [0.15, 0.2) is 0 Å². The molecule has 1 unspecified atom stereocenters. The Morgan fingerprint density at radius 1 is 1.12 bits per heavy atom. The number of aromatic nitrogens is 1. The maximum Gasteiger partial charge on any atom is 0.295 e. The molecule has 3 aromatic rings. The van der Waals surface area contributed by atoms with Gasteiger partial charge >= 0.3 is 0 Å². The zero-order chi connectivity index (χ0) is 22.7. The van der Waals surface area contributed by atoms with Crippen LogP contribution in [0.4, 0.5) is 4.39 Å². The van der Waals surface area contributed by atoms with Gasteiger partial charge < -0.3 is 14.7 Å². The first-order chi connectivity index (χ1) is 15.5. The normalized spacial score (nSPS) is 17.6. The third-order valence-corrected chi connectivity index (χ3v) is 5.23. The monoisotopic (exact) mass is 432 g/mol. The van der Waals surface area contributed by atoms with Crippen molar-refractivity contribution in [1.82, 2.24) is 9.88 Å². The second kappa shape index (κ2) is 9.01. The Kier molecular flexibility index (Phi) is 5.98. The lowest BCUT2D eigenvalue weighted by Gasteiger charge is -2.25. The summed E-state index contributed by atoms with van der Waals surface area (Å²) in [4.78, 5) is 31.3. The number of likely N-dealkylation sites (tertiary alicyclic amines) is 1. The number of hydrogen-bond donors (Lipinski definition) is 1. The van der Waals surface area contributed by atoms with Crippen LogP contribution in [0.1, 0.15) is 29.7 Å². The largest absolute Gasteiger partial charge is 0.507 e. The molecule has 0 aliphatic carbocycles. The molecule has 2 heterocycles. The van der Waals surface area contributed by atoms with Crippen LogP contribution >= 0.6 is 0 Å². The summed E-state index contributed by atoms with van der Waals surface area (Å²) in [6.07, 6.45) is 3.17. The SMILES string of the molecule is CCOc1cccc(C(O)=C2C(=O)C(=O)N(Cc3cccnc3)C2c2ccccc2F)c1. The minimum absolute atomic E-state index is 0.0349. The number of carbonyl (C=O) groups excluding carboxylic acids is 2. The summed E-state index contributed by atoms with van der Waals surface area (Å²) in [5, 5.41) is 11.1. The lowest BCUT2D eigenvalue weighted by atomic mass is 9.94. The van der Waals surface area contributed by atoms with Crippen LogP contribution in [0, 0.1) is 5.82 Å². The second-order valence-corrected chi connectivity index (χ2v) is 7.27. The van der Waals surface area contributed by atoms with Gasteiger partial charge in [-0.15, -0.1) is 0 Å². The van der Waals surface area contributed by atoms with Crippen LogP contribution in [0.5, 0.6) is 5.75 Å². The highest BCUT2D eigenvalue weighted by Gasteiger charge is 2.47. The number of ether oxygens (including phenoxy) is 1. The topological polar surface area (TPSA) is 79.7 Å². The number of Topliss-reactive ketones (excluding diaryl/α,β-unsaturated/α-hetero) is 1. The summed E-state index contributed by atoms with van der Waals surface area (Å²) in [5.41, 5.74) is 0.932. The Morgan fingerprint density at radius 3 is 2.66 bits per heavy atom. The Balaban J connectivity index is 1.87. The molecule has 0 radical (unpaired) electrons. The molecular weight excluding hydrogens is 411 g/mol. The third kappa shape index (κ3) is 3.97. The first-order valence-corrected chi connectivity index (χ1v) is 10.2. The summed E-state index contributed by atoms with van der Waals surface area (Å²) in [6.45, 7) is 2.29. The number of benzene rings is 2. The van der Waals surface area contributed by atoms with Crippen LogP contribution in [-0.4, -0.2) is 33.3 Å². The van der Waals surface area contributed by atoms with E-state index in [1.54, 1.807) is 54.9 Å². The van der Waals surface area contributed by atoms with Crippen molar-refractivity contribution in [3.05, 3.63) is 101 Å². The molecule has 1 saturated heterocycles. The van der Waals surface area contributed by atoms with E-state index in [1.165, 1.54) is 23.1 Å². The van der Waals surface area contributed by atoms with Crippen LogP contribution in [0.25, 0.3) is 5.76 Å². The standard InChI is InChI=1S/C25H21FN2O4/c1-2-32-18-9-5-8-17(13-18)23(29)21-22(19-10-3-4-11-20(19)26)28(25(31)24(21)30)15-16-7-6-12-27-14-16/h3-14,22,29H,2,15H2,1H3. The molecule has 162 valence electrons. The molecule has 32 heavy (non-hydrogen) atoms. The van der Waals surface area contributed by atoms with Gasteiger partial charge in [0.05, 0.1) is 18.2 Å². The average molecular weight is 432 g/mol. The van der Waals surface area contributed by atoms with E-state index in [1.807, 2.05) is 6.92 Å². The van der Waals surface area contributed by atoms with Crippen molar-refractivity contribution in [1.29, 1.82) is 0 Å². The van der Waals surface area contributed by atoms with Crippen molar-refractivity contribution in [2.24, 2.45) is 0 Å². The van der Waals surface area contributed by atoms with Crippen molar-refractivity contribution < 1.29 is 23.8 Å². The first kappa shape index (κ1) is 21.2. The van der Waals surface area contributed by atoms with Gasteiger partial charge in [0.25, 0.3) is 11.7 Å². The summed E-state index contributed by atoms with van der Waals surface area (Å²) in [5.74, 6) is -2.15. The Morgan fingerprint density at radius 2 is 1.94 bits per heavy atom. The van der Waals surface area contributed by atoms with Gasteiger partial charge in [0.1, 0.15) is 17.3 Å². The van der Waals surface area contributed by atoms with Crippen molar-refractivity contribution >= 4 is 17.4 Å². The molecule has 1 aliphatic rings. The van der Waals surface area contributed by atoms with Crippen LogP contribution in [-0.2, 0) is 16.1 Å². The molecular formula is C25H21FN2O4. The van der Waals surface area contributed by atoms with Gasteiger partial charge in [-0.25, -0.2) is 4.39 Å². The lowest BCUT2D eigenvalue weighted by molar-refractivity contribution is -0.140. The summed E-state index contributed by atoms with van der Waals surface area (Å²) >= 11 is 0. The smallest absolute Gasteiger partial charge is 0.295 e. The zero-order valence-electron chi connectivity index (χ0n) is 17.4. The molecule has 1 fully saturated rings. The highest BCUT2D eigenvalue weighted by atomic mass is 19.1. The molecule has 0 bridgehead atoms. The molecule has 6 nitrogen and oxygen atoms in total. The molecule has 1 aromatic heterocycles. The molecule has 7 heteroatoms. The number of amides is 1. The number of carbonyl (C=O) groups is 2. The Bertz CT molecular complexity index is 1190. The minimum atomic E-state index is -1.09. The van der Waals surface area contributed by atoms with E-state index >= 15 is 0 Å².